The van der Waals surface area contributed by atoms with Gasteiger partial charge in [0.2, 0.25) is 0 Å². The molecule has 82 valence electrons. The summed E-state index contributed by atoms with van der Waals surface area (Å²) in [6.07, 6.45) is 0. The lowest BCUT2D eigenvalue weighted by Gasteiger charge is -2.10. The number of guanidine groups is 1. The van der Waals surface area contributed by atoms with Crippen LogP contribution in [0.1, 0.15) is 25.3 Å². The third-order valence-electron chi connectivity index (χ3n) is 2.12. The SMILES string of the molecule is COc1cc(C(C)C)ccc1N=C(N)N. The Morgan fingerprint density at radius 1 is 1.33 bits per heavy atom. The van der Waals surface area contributed by atoms with Crippen LogP contribution in [-0.4, -0.2) is 13.1 Å². The topological polar surface area (TPSA) is 73.6 Å². The predicted molar refractivity (Wildman–Crippen MR) is 62.6 cm³/mol. The van der Waals surface area contributed by atoms with Crippen molar-refractivity contribution in [1.29, 1.82) is 0 Å². The molecule has 4 heteroatoms. The fourth-order valence-electron chi connectivity index (χ4n) is 1.28. The molecule has 0 heterocycles. The van der Waals surface area contributed by atoms with Crippen molar-refractivity contribution in [2.45, 2.75) is 19.8 Å². The van der Waals surface area contributed by atoms with Crippen LogP contribution in [0, 0.1) is 0 Å². The minimum absolute atomic E-state index is 0.0330. The van der Waals surface area contributed by atoms with Gasteiger partial charge in [0.25, 0.3) is 0 Å². The van der Waals surface area contributed by atoms with Gasteiger partial charge in [-0.15, -0.1) is 0 Å². The van der Waals surface area contributed by atoms with Crippen molar-refractivity contribution in [3.63, 3.8) is 0 Å². The Kier molecular flexibility index (Phi) is 3.55. The van der Waals surface area contributed by atoms with Gasteiger partial charge in [0.05, 0.1) is 7.11 Å². The Morgan fingerprint density at radius 3 is 2.47 bits per heavy atom. The van der Waals surface area contributed by atoms with Crippen molar-refractivity contribution in [3.8, 4) is 5.75 Å². The minimum atomic E-state index is 0.0330. The first-order valence-corrected chi connectivity index (χ1v) is 4.82. The maximum absolute atomic E-state index is 5.32. The summed E-state index contributed by atoms with van der Waals surface area (Å²) in [5.74, 6) is 1.17. The van der Waals surface area contributed by atoms with Crippen LogP contribution in [-0.2, 0) is 0 Å². The van der Waals surface area contributed by atoms with Gasteiger partial charge in [0.15, 0.2) is 5.96 Å². The summed E-state index contributed by atoms with van der Waals surface area (Å²) in [5, 5.41) is 0. The molecule has 0 atom stereocenters. The molecule has 0 saturated carbocycles. The van der Waals surface area contributed by atoms with Gasteiger partial charge in [0.1, 0.15) is 11.4 Å². The Balaban J connectivity index is 3.15. The normalized spacial score (nSPS) is 10.1. The van der Waals surface area contributed by atoms with E-state index in [1.165, 1.54) is 5.56 Å². The summed E-state index contributed by atoms with van der Waals surface area (Å²) in [7, 11) is 1.60. The van der Waals surface area contributed by atoms with Gasteiger partial charge in [0, 0.05) is 0 Å². The average molecular weight is 207 g/mol. The smallest absolute Gasteiger partial charge is 0.191 e. The van der Waals surface area contributed by atoms with Crippen LogP contribution in [0.15, 0.2) is 23.2 Å². The zero-order valence-electron chi connectivity index (χ0n) is 9.32. The fourth-order valence-corrected chi connectivity index (χ4v) is 1.28. The molecule has 4 N–H and O–H groups in total. The maximum Gasteiger partial charge on any atom is 0.191 e. The van der Waals surface area contributed by atoms with Crippen LogP contribution in [0.3, 0.4) is 0 Å². The zero-order valence-corrected chi connectivity index (χ0v) is 9.32. The van der Waals surface area contributed by atoms with E-state index in [4.69, 9.17) is 16.2 Å². The third kappa shape index (κ3) is 2.87. The molecule has 0 aliphatic rings. The van der Waals surface area contributed by atoms with Gasteiger partial charge < -0.3 is 16.2 Å². The number of aliphatic imine (C=N–C) groups is 1. The molecular formula is C11H17N3O. The van der Waals surface area contributed by atoms with Gasteiger partial charge in [-0.1, -0.05) is 19.9 Å². The summed E-state index contributed by atoms with van der Waals surface area (Å²) in [6.45, 7) is 4.24. The molecule has 1 aromatic rings. The predicted octanol–water partition coefficient (Wildman–Crippen LogP) is 1.72. The van der Waals surface area contributed by atoms with E-state index < -0.39 is 0 Å². The first-order chi connectivity index (χ1) is 7.04. The first-order valence-electron chi connectivity index (χ1n) is 4.82. The summed E-state index contributed by atoms with van der Waals surface area (Å²) in [4.78, 5) is 3.98. The monoisotopic (exact) mass is 207 g/mol. The lowest BCUT2D eigenvalue weighted by atomic mass is 10.0. The highest BCUT2D eigenvalue weighted by Crippen LogP contribution is 2.30. The highest BCUT2D eigenvalue weighted by atomic mass is 16.5. The molecule has 0 saturated heterocycles. The summed E-state index contributed by atoms with van der Waals surface area (Å²) in [6, 6.07) is 5.80. The van der Waals surface area contributed by atoms with Crippen molar-refractivity contribution in [2.75, 3.05) is 7.11 Å². The van der Waals surface area contributed by atoms with E-state index in [1.54, 1.807) is 7.11 Å². The molecule has 1 aromatic carbocycles. The van der Waals surface area contributed by atoms with E-state index in [9.17, 15) is 0 Å². The standard InChI is InChI=1S/C11H17N3O/c1-7(2)8-4-5-9(14-11(12)13)10(6-8)15-3/h4-7H,1-3H3,(H4,12,13,14). The third-order valence-corrected chi connectivity index (χ3v) is 2.12. The van der Waals surface area contributed by atoms with Crippen LogP contribution >= 0.6 is 0 Å². The Bertz CT molecular complexity index is 368. The van der Waals surface area contributed by atoms with E-state index >= 15 is 0 Å². The van der Waals surface area contributed by atoms with E-state index in [1.807, 2.05) is 18.2 Å². The summed E-state index contributed by atoms with van der Waals surface area (Å²) < 4.78 is 5.22. The Morgan fingerprint density at radius 2 is 2.00 bits per heavy atom. The number of rotatable bonds is 3. The highest BCUT2D eigenvalue weighted by molar-refractivity contribution is 5.80. The van der Waals surface area contributed by atoms with Crippen LogP contribution < -0.4 is 16.2 Å². The lowest BCUT2D eigenvalue weighted by Crippen LogP contribution is -2.21. The second kappa shape index (κ2) is 4.68. The number of nitrogens with zero attached hydrogens (tertiary/aromatic N) is 1. The average Bonchev–Trinajstić information content (AvgIpc) is 2.17. The van der Waals surface area contributed by atoms with Crippen molar-refractivity contribution in [3.05, 3.63) is 23.8 Å². The number of ether oxygens (including phenoxy) is 1. The first kappa shape index (κ1) is 11.4. The summed E-state index contributed by atoms with van der Waals surface area (Å²) >= 11 is 0. The molecule has 0 spiro atoms. The molecule has 0 aromatic heterocycles. The molecule has 0 aliphatic carbocycles. The molecular weight excluding hydrogens is 190 g/mol. The maximum atomic E-state index is 5.32. The number of nitrogens with two attached hydrogens (primary N) is 2. The van der Waals surface area contributed by atoms with Gasteiger partial charge in [-0.05, 0) is 23.6 Å². The molecule has 0 aliphatic heterocycles. The van der Waals surface area contributed by atoms with Gasteiger partial charge in [-0.3, -0.25) is 0 Å². The zero-order chi connectivity index (χ0) is 11.4. The number of methoxy groups -OCH3 is 1. The molecule has 15 heavy (non-hydrogen) atoms. The van der Waals surface area contributed by atoms with E-state index in [-0.39, 0.29) is 5.96 Å². The highest BCUT2D eigenvalue weighted by Gasteiger charge is 2.06. The summed E-state index contributed by atoms with van der Waals surface area (Å²) in [5.41, 5.74) is 12.5. The Labute approximate surface area is 89.9 Å². The van der Waals surface area contributed by atoms with Crippen molar-refractivity contribution in [1.82, 2.24) is 0 Å². The fraction of sp³-hybridized carbons (Fsp3) is 0.364. The van der Waals surface area contributed by atoms with Gasteiger partial charge >= 0.3 is 0 Å². The number of benzene rings is 1. The van der Waals surface area contributed by atoms with Crippen molar-refractivity contribution in [2.24, 2.45) is 16.5 Å². The lowest BCUT2D eigenvalue weighted by molar-refractivity contribution is 0.415. The Hall–Kier alpha value is -1.71. The minimum Gasteiger partial charge on any atom is -0.494 e. The molecule has 0 bridgehead atoms. The molecule has 0 unspecified atom stereocenters. The van der Waals surface area contributed by atoms with E-state index in [0.29, 0.717) is 17.4 Å². The van der Waals surface area contributed by atoms with E-state index in [0.717, 1.165) is 0 Å². The van der Waals surface area contributed by atoms with Gasteiger partial charge in [-0.25, -0.2) is 4.99 Å². The van der Waals surface area contributed by atoms with Crippen molar-refractivity contribution >= 4 is 11.6 Å². The van der Waals surface area contributed by atoms with Crippen LogP contribution in [0.4, 0.5) is 5.69 Å². The molecule has 1 rings (SSSR count). The molecule has 0 amide bonds. The molecule has 0 fully saturated rings. The number of hydrogen-bond donors (Lipinski definition) is 2. The van der Waals surface area contributed by atoms with E-state index in [2.05, 4.69) is 18.8 Å². The number of hydrogen-bond acceptors (Lipinski definition) is 2. The second-order valence-corrected chi connectivity index (χ2v) is 3.62. The van der Waals surface area contributed by atoms with Crippen LogP contribution in [0.25, 0.3) is 0 Å². The van der Waals surface area contributed by atoms with Gasteiger partial charge in [-0.2, -0.15) is 0 Å². The molecule has 4 nitrogen and oxygen atoms in total. The largest absolute Gasteiger partial charge is 0.494 e. The quantitative estimate of drug-likeness (QED) is 0.585. The molecule has 0 radical (unpaired) electrons. The van der Waals surface area contributed by atoms with Crippen LogP contribution in [0.5, 0.6) is 5.75 Å². The second-order valence-electron chi connectivity index (χ2n) is 3.62. The van der Waals surface area contributed by atoms with Crippen LogP contribution in [0.2, 0.25) is 0 Å². The van der Waals surface area contributed by atoms with Crippen molar-refractivity contribution < 1.29 is 4.74 Å².